The summed E-state index contributed by atoms with van der Waals surface area (Å²) in [5.74, 6) is 2.02. The highest BCUT2D eigenvalue weighted by Crippen LogP contribution is 2.32. The molecule has 0 spiro atoms. The van der Waals surface area contributed by atoms with Gasteiger partial charge in [-0.05, 0) is 23.8 Å². The molecule has 8 heteroatoms. The second kappa shape index (κ2) is 8.13. The third-order valence-corrected chi connectivity index (χ3v) is 5.30. The van der Waals surface area contributed by atoms with Gasteiger partial charge in [0.05, 0.1) is 20.1 Å². The molecular weight excluding hydrogens is 394 g/mol. The second-order valence-electron chi connectivity index (χ2n) is 6.82. The Hall–Kier alpha value is -3.06. The number of amides is 1. The van der Waals surface area contributed by atoms with Crippen LogP contribution in [0.15, 0.2) is 47.0 Å². The first kappa shape index (κ1) is 19.3. The van der Waals surface area contributed by atoms with Crippen LogP contribution in [-0.2, 0) is 11.3 Å². The van der Waals surface area contributed by atoms with E-state index < -0.39 is 0 Å². The van der Waals surface area contributed by atoms with Crippen LogP contribution in [-0.4, -0.2) is 41.7 Å². The first-order valence-electron chi connectivity index (χ1n) is 9.15. The molecule has 1 saturated heterocycles. The largest absolute Gasteiger partial charge is 0.497 e. The van der Waals surface area contributed by atoms with E-state index in [4.69, 9.17) is 25.6 Å². The molecular formula is C21H20ClN3O4. The van der Waals surface area contributed by atoms with Crippen LogP contribution < -0.4 is 9.47 Å². The van der Waals surface area contributed by atoms with Crippen molar-refractivity contribution < 1.29 is 18.8 Å². The van der Waals surface area contributed by atoms with Crippen molar-refractivity contribution in [3.05, 3.63) is 58.9 Å². The van der Waals surface area contributed by atoms with Gasteiger partial charge in [-0.15, -0.1) is 0 Å². The van der Waals surface area contributed by atoms with E-state index in [0.717, 1.165) is 5.56 Å². The van der Waals surface area contributed by atoms with E-state index >= 15 is 0 Å². The van der Waals surface area contributed by atoms with Gasteiger partial charge in [-0.2, -0.15) is 4.98 Å². The van der Waals surface area contributed by atoms with Crippen LogP contribution in [0.2, 0.25) is 5.02 Å². The van der Waals surface area contributed by atoms with Crippen LogP contribution in [0.25, 0.3) is 11.4 Å². The average Bonchev–Trinajstić information content (AvgIpc) is 3.36. The predicted molar refractivity (Wildman–Crippen MR) is 107 cm³/mol. The zero-order valence-electron chi connectivity index (χ0n) is 16.1. The lowest BCUT2D eigenvalue weighted by Gasteiger charge is -2.16. The Balaban J connectivity index is 1.52. The number of carbonyl (C=O) groups excluding carboxylic acids is 1. The highest BCUT2D eigenvalue weighted by Gasteiger charge is 2.34. The van der Waals surface area contributed by atoms with Crippen molar-refractivity contribution in [2.75, 3.05) is 20.8 Å². The zero-order valence-corrected chi connectivity index (χ0v) is 16.8. The molecule has 29 heavy (non-hydrogen) atoms. The van der Waals surface area contributed by atoms with Crippen LogP contribution in [0.3, 0.4) is 0 Å². The minimum absolute atomic E-state index is 0.0396. The molecule has 150 valence electrons. The van der Waals surface area contributed by atoms with E-state index in [0.29, 0.717) is 53.3 Å². The maximum Gasteiger partial charge on any atom is 0.232 e. The molecule has 2 heterocycles. The summed E-state index contributed by atoms with van der Waals surface area (Å²) in [4.78, 5) is 18.8. The van der Waals surface area contributed by atoms with E-state index in [9.17, 15) is 4.79 Å². The molecule has 1 aromatic heterocycles. The summed E-state index contributed by atoms with van der Waals surface area (Å²) >= 11 is 6.23. The summed E-state index contributed by atoms with van der Waals surface area (Å²) in [5.41, 5.74) is 1.63. The van der Waals surface area contributed by atoms with E-state index in [1.807, 2.05) is 24.3 Å². The van der Waals surface area contributed by atoms with E-state index in [-0.39, 0.29) is 11.8 Å². The number of nitrogens with zero attached hydrogens (tertiary/aromatic N) is 3. The molecule has 7 nitrogen and oxygen atoms in total. The lowest BCUT2D eigenvalue weighted by Crippen LogP contribution is -2.24. The molecule has 2 aromatic carbocycles. The highest BCUT2D eigenvalue weighted by atomic mass is 35.5. The molecule has 0 aliphatic carbocycles. The summed E-state index contributed by atoms with van der Waals surface area (Å²) < 4.78 is 16.1. The summed E-state index contributed by atoms with van der Waals surface area (Å²) in [6.45, 7) is 0.968. The van der Waals surface area contributed by atoms with Crippen LogP contribution in [0.1, 0.15) is 23.8 Å². The predicted octanol–water partition coefficient (Wildman–Crippen LogP) is 3.92. The minimum Gasteiger partial charge on any atom is -0.497 e. The Kier molecular flexibility index (Phi) is 5.40. The molecule has 1 aliphatic rings. The number of aromatic nitrogens is 2. The van der Waals surface area contributed by atoms with Gasteiger partial charge in [0.15, 0.2) is 0 Å². The van der Waals surface area contributed by atoms with Crippen molar-refractivity contribution in [2.24, 2.45) is 0 Å². The van der Waals surface area contributed by atoms with Crippen LogP contribution in [0.5, 0.6) is 11.5 Å². The molecule has 1 atom stereocenters. The Morgan fingerprint density at radius 2 is 1.90 bits per heavy atom. The molecule has 1 amide bonds. The van der Waals surface area contributed by atoms with Crippen molar-refractivity contribution in [3.8, 4) is 22.9 Å². The highest BCUT2D eigenvalue weighted by molar-refractivity contribution is 6.31. The van der Waals surface area contributed by atoms with Crippen molar-refractivity contribution >= 4 is 17.5 Å². The van der Waals surface area contributed by atoms with Gasteiger partial charge in [-0.3, -0.25) is 4.79 Å². The molecule has 1 aliphatic heterocycles. The normalized spacial score (nSPS) is 16.3. The Labute approximate surface area is 173 Å². The molecule has 0 bridgehead atoms. The standard InChI is InChI=1S/C21H20ClN3O4/c1-27-16-7-14(8-17(10-16)28-2)20-23-21(29-24-20)15-9-19(26)25(12-15)11-13-5-3-4-6-18(13)22/h3-8,10,15H,9,11-12H2,1-2H3. The summed E-state index contributed by atoms with van der Waals surface area (Å²) in [7, 11) is 3.16. The van der Waals surface area contributed by atoms with Gasteiger partial charge < -0.3 is 18.9 Å². The van der Waals surface area contributed by atoms with Crippen molar-refractivity contribution in [2.45, 2.75) is 18.9 Å². The van der Waals surface area contributed by atoms with Crippen LogP contribution in [0, 0.1) is 0 Å². The van der Waals surface area contributed by atoms with Gasteiger partial charge in [-0.25, -0.2) is 0 Å². The lowest BCUT2D eigenvalue weighted by molar-refractivity contribution is -0.128. The van der Waals surface area contributed by atoms with Gasteiger partial charge in [0, 0.05) is 36.2 Å². The Bertz CT molecular complexity index is 1010. The Morgan fingerprint density at radius 1 is 1.17 bits per heavy atom. The number of carbonyl (C=O) groups is 1. The van der Waals surface area contributed by atoms with E-state index in [1.54, 1.807) is 37.3 Å². The topological polar surface area (TPSA) is 77.7 Å². The van der Waals surface area contributed by atoms with Gasteiger partial charge in [0.1, 0.15) is 11.5 Å². The van der Waals surface area contributed by atoms with Crippen molar-refractivity contribution in [3.63, 3.8) is 0 Å². The number of benzene rings is 2. The molecule has 0 radical (unpaired) electrons. The summed E-state index contributed by atoms with van der Waals surface area (Å²) in [6, 6.07) is 12.9. The van der Waals surface area contributed by atoms with Gasteiger partial charge in [0.2, 0.25) is 17.6 Å². The monoisotopic (exact) mass is 413 g/mol. The molecule has 1 unspecified atom stereocenters. The number of likely N-dealkylation sites (tertiary alicyclic amines) is 1. The van der Waals surface area contributed by atoms with Gasteiger partial charge >= 0.3 is 0 Å². The third kappa shape index (κ3) is 4.05. The molecule has 4 rings (SSSR count). The minimum atomic E-state index is -0.154. The SMILES string of the molecule is COc1cc(OC)cc(-c2noc(C3CC(=O)N(Cc4ccccc4Cl)C3)n2)c1. The molecule has 1 fully saturated rings. The third-order valence-electron chi connectivity index (χ3n) is 4.93. The second-order valence-corrected chi connectivity index (χ2v) is 7.23. The smallest absolute Gasteiger partial charge is 0.232 e. The Morgan fingerprint density at radius 3 is 2.59 bits per heavy atom. The van der Waals surface area contributed by atoms with Gasteiger partial charge in [-0.1, -0.05) is 35.0 Å². The van der Waals surface area contributed by atoms with Crippen molar-refractivity contribution in [1.29, 1.82) is 0 Å². The quantitative estimate of drug-likeness (QED) is 0.609. The maximum atomic E-state index is 12.5. The first-order valence-corrected chi connectivity index (χ1v) is 9.53. The van der Waals surface area contributed by atoms with E-state index in [1.165, 1.54) is 0 Å². The maximum absolute atomic E-state index is 12.5. The average molecular weight is 414 g/mol. The van der Waals surface area contributed by atoms with Gasteiger partial charge in [0.25, 0.3) is 0 Å². The van der Waals surface area contributed by atoms with Crippen LogP contribution >= 0.6 is 11.6 Å². The zero-order chi connectivity index (χ0) is 20.4. The number of rotatable bonds is 6. The van der Waals surface area contributed by atoms with Crippen molar-refractivity contribution in [1.82, 2.24) is 15.0 Å². The molecule has 0 N–H and O–H groups in total. The number of methoxy groups -OCH3 is 2. The fraction of sp³-hybridized carbons (Fsp3) is 0.286. The number of ether oxygens (including phenoxy) is 2. The number of hydrogen-bond donors (Lipinski definition) is 0. The number of hydrogen-bond acceptors (Lipinski definition) is 6. The fourth-order valence-corrected chi connectivity index (χ4v) is 3.57. The molecule has 3 aromatic rings. The first-order chi connectivity index (χ1) is 14.1. The molecule has 0 saturated carbocycles. The van der Waals surface area contributed by atoms with Crippen LogP contribution in [0.4, 0.5) is 0 Å². The summed E-state index contributed by atoms with van der Waals surface area (Å²) in [6.07, 6.45) is 0.327. The fourth-order valence-electron chi connectivity index (χ4n) is 3.38. The van der Waals surface area contributed by atoms with E-state index in [2.05, 4.69) is 10.1 Å². The summed E-state index contributed by atoms with van der Waals surface area (Å²) in [5, 5.41) is 4.73. The number of halogens is 1. The lowest BCUT2D eigenvalue weighted by atomic mass is 10.1.